The molecule has 0 spiro atoms. The first kappa shape index (κ1) is 40.4. The third kappa shape index (κ3) is 9.30. The summed E-state index contributed by atoms with van der Waals surface area (Å²) in [4.78, 5) is 63.6. The number of fused-ring (bicyclic) bond motifs is 1. The maximum Gasteiger partial charge on any atom is 1.00 e. The first-order chi connectivity index (χ1) is 24.7. The van der Waals surface area contributed by atoms with Crippen LogP contribution in [0.1, 0.15) is 11.7 Å². The number of hydrazine groups is 1. The number of carbonyl (C=O) groups is 4. The van der Waals surface area contributed by atoms with Gasteiger partial charge < -0.3 is 46.7 Å². The van der Waals surface area contributed by atoms with Crippen LogP contribution in [0.2, 0.25) is 0 Å². The number of nitrogens with two attached hydrogens (primary N) is 1. The second-order valence-corrected chi connectivity index (χ2v) is 16.9. The van der Waals surface area contributed by atoms with Gasteiger partial charge in [-0.1, -0.05) is 0 Å². The van der Waals surface area contributed by atoms with Crippen LogP contribution in [0.3, 0.4) is 0 Å². The summed E-state index contributed by atoms with van der Waals surface area (Å²) in [5.74, 6) is -3.19. The number of anilines is 3. The molecule has 0 bridgehead atoms. The number of urea groups is 1. The maximum atomic E-state index is 13.6. The number of benzene rings is 1. The molecule has 3 aliphatic rings. The largest absolute Gasteiger partial charge is 1.00 e. The number of aromatic amines is 1. The number of rotatable bonds is 12. The van der Waals surface area contributed by atoms with Gasteiger partial charge in [0, 0.05) is 35.8 Å². The van der Waals surface area contributed by atoms with E-state index in [0.29, 0.717) is 17.0 Å². The number of thiazole rings is 1. The van der Waals surface area contributed by atoms with Crippen molar-refractivity contribution in [2.75, 3.05) is 29.2 Å². The van der Waals surface area contributed by atoms with Crippen LogP contribution in [0, 0.1) is 5.41 Å². The Hall–Kier alpha value is -3.79. The second kappa shape index (κ2) is 16.7. The summed E-state index contributed by atoms with van der Waals surface area (Å²) < 4.78 is 25.6. The molecule has 5 heterocycles. The van der Waals surface area contributed by atoms with E-state index in [1.165, 1.54) is 65.1 Å². The number of carboxylic acid groups (broad SMARTS) is 1. The van der Waals surface area contributed by atoms with Crippen molar-refractivity contribution in [3.05, 3.63) is 68.0 Å². The first-order valence-corrected chi connectivity index (χ1v) is 19.9. The zero-order chi connectivity index (χ0) is 37.3. The molecule has 2 aromatic heterocycles. The van der Waals surface area contributed by atoms with Crippen molar-refractivity contribution in [3.8, 4) is 5.88 Å². The van der Waals surface area contributed by atoms with Gasteiger partial charge in [-0.05, 0) is 41.8 Å². The molecule has 26 heteroatoms. The first-order valence-electron chi connectivity index (χ1n) is 14.6. The van der Waals surface area contributed by atoms with Gasteiger partial charge in [0.2, 0.25) is 27.8 Å². The normalized spacial score (nSPS) is 18.8. The van der Waals surface area contributed by atoms with Gasteiger partial charge in [-0.2, -0.15) is 9.40 Å². The summed E-state index contributed by atoms with van der Waals surface area (Å²) in [5, 5.41) is 46.4. The summed E-state index contributed by atoms with van der Waals surface area (Å²) in [7, 11) is -2.07. The fourth-order valence-corrected chi connectivity index (χ4v) is 9.48. The Labute approximate surface area is 339 Å². The number of hydrogen-bond donors (Lipinski definition) is 9. The van der Waals surface area contributed by atoms with Crippen LogP contribution in [-0.2, 0) is 24.4 Å². The molecule has 4 amide bonds. The van der Waals surface area contributed by atoms with E-state index in [1.54, 1.807) is 10.6 Å². The number of sulfonamides is 1. The van der Waals surface area contributed by atoms with Gasteiger partial charge in [-0.3, -0.25) is 19.9 Å². The van der Waals surface area contributed by atoms with Gasteiger partial charge in [0.25, 0.3) is 5.91 Å². The quantitative estimate of drug-likeness (QED) is 0.0483. The molecular formula is C27H27N12NaO8S5. The summed E-state index contributed by atoms with van der Waals surface area (Å²) in [6, 6.07) is 1.75. The monoisotopic (exact) mass is 830 g/mol. The third-order valence-corrected chi connectivity index (χ3v) is 12.5. The minimum Gasteiger partial charge on any atom is -0.543 e. The van der Waals surface area contributed by atoms with Crippen molar-refractivity contribution in [3.63, 3.8) is 0 Å². The minimum absolute atomic E-state index is 0. The number of primary sulfonamides is 1. The Bertz CT molecular complexity index is 2180. The number of aliphatic carboxylic acids is 1. The smallest absolute Gasteiger partial charge is 0.543 e. The van der Waals surface area contributed by atoms with E-state index in [1.807, 2.05) is 7.05 Å². The topological polar surface area (TPSA) is 304 Å². The fourth-order valence-electron chi connectivity index (χ4n) is 4.98. The van der Waals surface area contributed by atoms with Crippen LogP contribution in [0.15, 0.2) is 62.4 Å². The van der Waals surface area contributed by atoms with Crippen LogP contribution in [0.4, 0.5) is 22.1 Å². The van der Waals surface area contributed by atoms with Crippen LogP contribution >= 0.6 is 46.8 Å². The maximum absolute atomic E-state index is 13.6. The van der Waals surface area contributed by atoms with Crippen molar-refractivity contribution in [2.45, 2.75) is 22.4 Å². The molecule has 1 unspecified atom stereocenters. The van der Waals surface area contributed by atoms with E-state index < -0.39 is 57.2 Å². The molecule has 1 aromatic carbocycles. The number of H-pyrrole nitrogens is 1. The van der Waals surface area contributed by atoms with Gasteiger partial charge in [-0.15, -0.1) is 34.9 Å². The third-order valence-electron chi connectivity index (χ3n) is 7.38. The number of β-lactam (4-membered cyclic amide) rings is 1. The number of nitrogens with one attached hydrogen (secondary N) is 7. The Kier molecular flexibility index (Phi) is 12.7. The number of carbonyl (C=O) groups excluding carboxylic acids is 4. The summed E-state index contributed by atoms with van der Waals surface area (Å²) in [5.41, 5.74) is 3.50. The van der Waals surface area contributed by atoms with E-state index in [0.717, 1.165) is 26.7 Å². The average Bonchev–Trinajstić information content (AvgIpc) is 3.72. The number of amides is 4. The molecule has 53 heavy (non-hydrogen) atoms. The Balaban J connectivity index is 0.00000541. The molecule has 0 aliphatic carbocycles. The van der Waals surface area contributed by atoms with E-state index >= 15 is 0 Å². The summed E-state index contributed by atoms with van der Waals surface area (Å²) in [6.07, 6.45) is 2.86. The zero-order valence-electron chi connectivity index (χ0n) is 27.4. The molecule has 0 radical (unpaired) electrons. The van der Waals surface area contributed by atoms with Crippen LogP contribution < -0.4 is 71.3 Å². The minimum atomic E-state index is -3.90. The molecule has 3 aliphatic heterocycles. The molecular weight excluding hydrogens is 804 g/mol. The van der Waals surface area contributed by atoms with Crippen molar-refractivity contribution in [1.29, 1.82) is 5.41 Å². The zero-order valence-corrected chi connectivity index (χ0v) is 33.5. The number of hydrogen-bond acceptors (Lipinski definition) is 18. The van der Waals surface area contributed by atoms with E-state index in [2.05, 4.69) is 41.6 Å². The van der Waals surface area contributed by atoms with Crippen molar-refractivity contribution in [1.82, 2.24) is 40.3 Å². The predicted octanol–water partition coefficient (Wildman–Crippen LogP) is -3.66. The summed E-state index contributed by atoms with van der Waals surface area (Å²) >= 11 is 5.06. The van der Waals surface area contributed by atoms with Gasteiger partial charge in [-0.25, -0.2) is 23.3 Å². The van der Waals surface area contributed by atoms with Crippen LogP contribution in [0.25, 0.3) is 0 Å². The molecule has 10 N–H and O–H groups in total. The van der Waals surface area contributed by atoms with Gasteiger partial charge in [0.1, 0.15) is 17.1 Å². The molecule has 20 nitrogen and oxygen atoms in total. The van der Waals surface area contributed by atoms with Crippen molar-refractivity contribution < 1.29 is 67.4 Å². The molecule has 1 saturated heterocycles. The molecule has 274 valence electrons. The molecule has 0 saturated carbocycles. The average molecular weight is 831 g/mol. The van der Waals surface area contributed by atoms with E-state index in [4.69, 9.17) is 10.5 Å². The Morgan fingerprint density at radius 1 is 1.26 bits per heavy atom. The molecule has 1 fully saturated rings. The van der Waals surface area contributed by atoms with Gasteiger partial charge in [0.15, 0.2) is 10.8 Å². The molecule has 3 aromatic rings. The Morgan fingerprint density at radius 3 is 2.60 bits per heavy atom. The van der Waals surface area contributed by atoms with E-state index in [9.17, 15) is 37.8 Å². The second-order valence-electron chi connectivity index (χ2n) is 10.9. The van der Waals surface area contributed by atoms with E-state index in [-0.39, 0.29) is 68.0 Å². The van der Waals surface area contributed by atoms with Gasteiger partial charge >= 0.3 is 35.6 Å². The number of nitrogens with zero attached hydrogens (tertiary/aromatic N) is 4. The van der Waals surface area contributed by atoms with Crippen LogP contribution in [-0.4, -0.2) is 91.6 Å². The van der Waals surface area contributed by atoms with Crippen molar-refractivity contribution in [2.24, 2.45) is 5.14 Å². The number of carboxylic acids is 1. The molecule has 3 atom stereocenters. The SMILES string of the molecule is CN1NC=C(SCC2=C(C(=O)[O-])N3C(=O)[C@@H](NC(=O)C(NC(=O)Nc4cnc(Nc5ccc(S(N)(=O)=O)cc5)nc4O)c4csc(=N)[nH]4)[C@@H]3SC2)S1.[Na+]. The Morgan fingerprint density at radius 2 is 2.00 bits per heavy atom. The number of aromatic hydroxyl groups is 1. The standard InChI is InChI=1S/C27H28N12O8S5.Na/c1-38-31-7-16(51-38)48-8-11-9-49-23-18(22(42)39(23)19(11)24(43)44)35-21(41)17(15-10-50-25(28)33-15)36-27(45)34-14-6-30-26(37-20(14)40)32-12-2-4-13(5-3-12)52(29,46)47;/h2-7,10,17-18,23,31H,8-9H2,1H3,(H2,28,33)(H,35,41)(H,43,44)(H2,29,46,47)(H2,34,36,45)(H2,30,32,37,40);/q;+1/p-1/t17?,18-,23+;/m1./s1. The fraction of sp³-hybridized carbons (Fsp3) is 0.222. The van der Waals surface area contributed by atoms with Gasteiger partial charge in [0.05, 0.1) is 32.7 Å². The summed E-state index contributed by atoms with van der Waals surface area (Å²) in [6.45, 7) is 0. The van der Waals surface area contributed by atoms with Crippen LogP contribution in [0.5, 0.6) is 5.88 Å². The number of thioether (sulfide) groups is 2. The molecule has 6 rings (SSSR count). The predicted molar refractivity (Wildman–Crippen MR) is 190 cm³/mol. The van der Waals surface area contributed by atoms with Crippen molar-refractivity contribution >= 4 is 98.0 Å². The number of aromatic nitrogens is 3.